The SMILES string of the molecule is CCOc1cc(C)c(/C=C(\C#N)c2ccc(Br)cc2)cc1C(C)C. The fourth-order valence-electron chi connectivity index (χ4n) is 2.57. The van der Waals surface area contributed by atoms with Gasteiger partial charge in [0.25, 0.3) is 0 Å². The van der Waals surface area contributed by atoms with Crippen LogP contribution >= 0.6 is 15.9 Å². The molecular weight excluding hydrogens is 362 g/mol. The molecule has 0 atom stereocenters. The van der Waals surface area contributed by atoms with Gasteiger partial charge in [0.05, 0.1) is 18.2 Å². The van der Waals surface area contributed by atoms with Crippen LogP contribution in [-0.4, -0.2) is 6.61 Å². The van der Waals surface area contributed by atoms with E-state index in [4.69, 9.17) is 4.74 Å². The average molecular weight is 384 g/mol. The molecule has 0 unspecified atom stereocenters. The number of nitriles is 1. The summed E-state index contributed by atoms with van der Waals surface area (Å²) in [5.41, 5.74) is 4.90. The lowest BCUT2D eigenvalue weighted by Crippen LogP contribution is -2.00. The third kappa shape index (κ3) is 4.27. The highest BCUT2D eigenvalue weighted by Gasteiger charge is 2.12. The lowest BCUT2D eigenvalue weighted by Gasteiger charge is -2.16. The second kappa shape index (κ2) is 8.17. The monoisotopic (exact) mass is 383 g/mol. The largest absolute Gasteiger partial charge is 0.494 e. The lowest BCUT2D eigenvalue weighted by atomic mass is 9.94. The maximum atomic E-state index is 9.56. The van der Waals surface area contributed by atoms with Gasteiger partial charge in [0.15, 0.2) is 0 Å². The van der Waals surface area contributed by atoms with Crippen LogP contribution in [0.2, 0.25) is 0 Å². The van der Waals surface area contributed by atoms with Crippen LogP contribution in [0.5, 0.6) is 5.75 Å². The molecule has 0 heterocycles. The van der Waals surface area contributed by atoms with Gasteiger partial charge in [-0.3, -0.25) is 0 Å². The first-order chi connectivity index (χ1) is 11.5. The molecule has 0 N–H and O–H groups in total. The van der Waals surface area contributed by atoms with Crippen molar-refractivity contribution >= 4 is 27.6 Å². The number of halogens is 1. The first-order valence-electron chi connectivity index (χ1n) is 8.11. The first-order valence-corrected chi connectivity index (χ1v) is 8.90. The predicted molar refractivity (Wildman–Crippen MR) is 104 cm³/mol. The summed E-state index contributed by atoms with van der Waals surface area (Å²) in [5.74, 6) is 1.29. The maximum Gasteiger partial charge on any atom is 0.123 e. The number of benzene rings is 2. The number of allylic oxidation sites excluding steroid dienone is 1. The number of aryl methyl sites for hydroxylation is 1. The molecular formula is C21H22BrNO. The molecule has 124 valence electrons. The number of ether oxygens (including phenoxy) is 1. The van der Waals surface area contributed by atoms with Gasteiger partial charge in [-0.25, -0.2) is 0 Å². The van der Waals surface area contributed by atoms with Crippen LogP contribution in [0.3, 0.4) is 0 Å². The topological polar surface area (TPSA) is 33.0 Å². The standard InChI is InChI=1S/C21H22BrNO/c1-5-24-21-10-15(4)17(12-20(21)14(2)3)11-18(13-23)16-6-8-19(22)9-7-16/h6-12,14H,5H2,1-4H3/b18-11+. The zero-order valence-corrected chi connectivity index (χ0v) is 16.1. The molecule has 0 saturated carbocycles. The van der Waals surface area contributed by atoms with E-state index in [1.807, 2.05) is 37.3 Å². The highest BCUT2D eigenvalue weighted by molar-refractivity contribution is 9.10. The molecule has 2 aromatic carbocycles. The fraction of sp³-hybridized carbons (Fsp3) is 0.286. The summed E-state index contributed by atoms with van der Waals surface area (Å²) >= 11 is 3.43. The molecule has 0 saturated heterocycles. The summed E-state index contributed by atoms with van der Waals surface area (Å²) < 4.78 is 6.78. The number of nitrogens with zero attached hydrogens (tertiary/aromatic N) is 1. The molecule has 0 bridgehead atoms. The van der Waals surface area contributed by atoms with Crippen molar-refractivity contribution in [2.24, 2.45) is 0 Å². The predicted octanol–water partition coefficient (Wildman–Crippen LogP) is 6.34. The van der Waals surface area contributed by atoms with Crippen molar-refractivity contribution in [1.82, 2.24) is 0 Å². The molecule has 2 aromatic rings. The Hall–Kier alpha value is -2.05. The van der Waals surface area contributed by atoms with Crippen molar-refractivity contribution in [3.63, 3.8) is 0 Å². The Morgan fingerprint density at radius 1 is 1.25 bits per heavy atom. The maximum absolute atomic E-state index is 9.56. The highest BCUT2D eigenvalue weighted by atomic mass is 79.9. The second-order valence-corrected chi connectivity index (χ2v) is 6.93. The van der Waals surface area contributed by atoms with Gasteiger partial charge in [-0.05, 0) is 72.4 Å². The van der Waals surface area contributed by atoms with Gasteiger partial charge in [-0.15, -0.1) is 0 Å². The van der Waals surface area contributed by atoms with E-state index < -0.39 is 0 Å². The van der Waals surface area contributed by atoms with Crippen LogP contribution in [0.25, 0.3) is 11.6 Å². The van der Waals surface area contributed by atoms with Crippen LogP contribution in [0.1, 0.15) is 48.9 Å². The molecule has 2 rings (SSSR count). The summed E-state index contributed by atoms with van der Waals surface area (Å²) in [6, 6.07) is 14.3. The van der Waals surface area contributed by atoms with Gasteiger partial charge in [0.1, 0.15) is 5.75 Å². The lowest BCUT2D eigenvalue weighted by molar-refractivity contribution is 0.335. The number of rotatable bonds is 5. The van der Waals surface area contributed by atoms with E-state index in [0.717, 1.165) is 26.9 Å². The van der Waals surface area contributed by atoms with Crippen molar-refractivity contribution in [1.29, 1.82) is 5.26 Å². The zero-order chi connectivity index (χ0) is 17.7. The van der Waals surface area contributed by atoms with E-state index in [9.17, 15) is 5.26 Å². The molecule has 0 aromatic heterocycles. The molecule has 24 heavy (non-hydrogen) atoms. The quantitative estimate of drug-likeness (QED) is 0.445. The molecule has 0 radical (unpaired) electrons. The van der Waals surface area contributed by atoms with Crippen LogP contribution in [-0.2, 0) is 0 Å². The summed E-state index contributed by atoms with van der Waals surface area (Å²) in [4.78, 5) is 0. The molecule has 0 spiro atoms. The molecule has 0 aliphatic heterocycles. The van der Waals surface area contributed by atoms with Gasteiger partial charge < -0.3 is 4.74 Å². The Labute approximate surface area is 152 Å². The van der Waals surface area contributed by atoms with Crippen LogP contribution in [0.15, 0.2) is 40.9 Å². The van der Waals surface area contributed by atoms with Crippen LogP contribution < -0.4 is 4.74 Å². The smallest absolute Gasteiger partial charge is 0.123 e. The Balaban J connectivity index is 2.52. The van der Waals surface area contributed by atoms with Crippen molar-refractivity contribution in [3.05, 3.63) is 63.1 Å². The summed E-state index contributed by atoms with van der Waals surface area (Å²) in [6.45, 7) is 9.00. The van der Waals surface area contributed by atoms with E-state index in [-0.39, 0.29) is 0 Å². The van der Waals surface area contributed by atoms with E-state index in [1.165, 1.54) is 5.56 Å². The minimum absolute atomic E-state index is 0.359. The van der Waals surface area contributed by atoms with Crippen LogP contribution in [0, 0.1) is 18.3 Å². The summed E-state index contributed by atoms with van der Waals surface area (Å²) in [5, 5.41) is 9.56. The molecule has 0 amide bonds. The Morgan fingerprint density at radius 2 is 1.92 bits per heavy atom. The van der Waals surface area contributed by atoms with E-state index in [2.05, 4.69) is 54.9 Å². The van der Waals surface area contributed by atoms with Gasteiger partial charge in [0, 0.05) is 4.47 Å². The van der Waals surface area contributed by atoms with Gasteiger partial charge in [-0.1, -0.05) is 41.9 Å². The minimum atomic E-state index is 0.359. The van der Waals surface area contributed by atoms with E-state index in [1.54, 1.807) is 0 Å². The summed E-state index contributed by atoms with van der Waals surface area (Å²) in [6.07, 6.45) is 1.96. The number of hydrogen-bond acceptors (Lipinski definition) is 2. The fourth-order valence-corrected chi connectivity index (χ4v) is 2.83. The van der Waals surface area contributed by atoms with Gasteiger partial charge in [-0.2, -0.15) is 5.26 Å². The van der Waals surface area contributed by atoms with Gasteiger partial charge >= 0.3 is 0 Å². The zero-order valence-electron chi connectivity index (χ0n) is 14.6. The summed E-state index contributed by atoms with van der Waals surface area (Å²) in [7, 11) is 0. The molecule has 0 aliphatic rings. The van der Waals surface area contributed by atoms with Crippen molar-refractivity contribution in [2.45, 2.75) is 33.6 Å². The van der Waals surface area contributed by atoms with Crippen molar-refractivity contribution < 1.29 is 4.74 Å². The second-order valence-electron chi connectivity index (χ2n) is 6.01. The third-order valence-corrected chi connectivity index (χ3v) is 4.42. The molecule has 3 heteroatoms. The van der Waals surface area contributed by atoms with Crippen LogP contribution in [0.4, 0.5) is 0 Å². The van der Waals surface area contributed by atoms with Gasteiger partial charge in [0.2, 0.25) is 0 Å². The van der Waals surface area contributed by atoms with Crippen molar-refractivity contribution in [3.8, 4) is 11.8 Å². The average Bonchev–Trinajstić information content (AvgIpc) is 2.55. The molecule has 0 aliphatic carbocycles. The minimum Gasteiger partial charge on any atom is -0.494 e. The number of hydrogen-bond donors (Lipinski definition) is 0. The Morgan fingerprint density at radius 3 is 2.46 bits per heavy atom. The molecule has 2 nitrogen and oxygen atoms in total. The van der Waals surface area contributed by atoms with E-state index in [0.29, 0.717) is 18.1 Å². The Kier molecular flexibility index (Phi) is 6.23. The normalized spacial score (nSPS) is 11.5. The van der Waals surface area contributed by atoms with E-state index >= 15 is 0 Å². The molecule has 0 fully saturated rings. The van der Waals surface area contributed by atoms with Crippen molar-refractivity contribution in [2.75, 3.05) is 6.61 Å². The third-order valence-electron chi connectivity index (χ3n) is 3.90. The highest BCUT2D eigenvalue weighted by Crippen LogP contribution is 2.31. The Bertz CT molecular complexity index is 783. The first kappa shape index (κ1) is 18.3.